The van der Waals surface area contributed by atoms with Gasteiger partial charge in [0.25, 0.3) is 0 Å². The Morgan fingerprint density at radius 3 is 2.71 bits per heavy atom. The van der Waals surface area contributed by atoms with Crippen molar-refractivity contribution in [2.75, 3.05) is 13.1 Å². The molecule has 6 nitrogen and oxygen atoms in total. The molecule has 0 spiro atoms. The number of piperidine rings is 1. The van der Waals surface area contributed by atoms with Crippen molar-refractivity contribution >= 4 is 17.5 Å². The van der Waals surface area contributed by atoms with Gasteiger partial charge in [-0.05, 0) is 55.0 Å². The minimum absolute atomic E-state index is 0.0342. The molecule has 1 N–H and O–H groups in total. The van der Waals surface area contributed by atoms with Crippen molar-refractivity contribution in [3.05, 3.63) is 70.6 Å². The first kappa shape index (κ1) is 24.4. The summed E-state index contributed by atoms with van der Waals surface area (Å²) in [6, 6.07) is 15.9. The molecule has 7 heteroatoms. The van der Waals surface area contributed by atoms with Crippen molar-refractivity contribution in [1.82, 2.24) is 20.4 Å². The van der Waals surface area contributed by atoms with Crippen LogP contribution in [0.15, 0.2) is 53.1 Å². The molecule has 2 heterocycles. The molecule has 0 saturated carbocycles. The fourth-order valence-corrected chi connectivity index (χ4v) is 4.55. The maximum atomic E-state index is 13.0. The number of nitrogens with one attached hydrogen (secondary N) is 1. The summed E-state index contributed by atoms with van der Waals surface area (Å²) in [5, 5.41) is 7.93. The van der Waals surface area contributed by atoms with E-state index in [0.717, 1.165) is 30.5 Å². The molecule has 2 aromatic carbocycles. The van der Waals surface area contributed by atoms with Crippen LogP contribution in [0.5, 0.6) is 0 Å². The summed E-state index contributed by atoms with van der Waals surface area (Å²) in [4.78, 5) is 19.8. The van der Waals surface area contributed by atoms with Gasteiger partial charge in [-0.2, -0.15) is 4.98 Å². The highest BCUT2D eigenvalue weighted by Crippen LogP contribution is 2.25. The van der Waals surface area contributed by atoms with Gasteiger partial charge in [-0.15, -0.1) is 0 Å². The molecule has 0 radical (unpaired) electrons. The summed E-state index contributed by atoms with van der Waals surface area (Å²) in [5.74, 6) is 1.11. The zero-order valence-electron chi connectivity index (χ0n) is 20.3. The Morgan fingerprint density at radius 1 is 1.24 bits per heavy atom. The van der Waals surface area contributed by atoms with Gasteiger partial charge in [-0.1, -0.05) is 73.9 Å². The number of halogens is 1. The Kier molecular flexibility index (Phi) is 7.39. The lowest BCUT2D eigenvalue weighted by Crippen LogP contribution is -2.43. The number of carbonyl (C=O) groups is 1. The van der Waals surface area contributed by atoms with Gasteiger partial charge in [0.2, 0.25) is 17.6 Å². The molecule has 1 saturated heterocycles. The molecular weight excluding hydrogens is 448 g/mol. The number of hydrogen-bond acceptors (Lipinski definition) is 5. The lowest BCUT2D eigenvalue weighted by molar-refractivity contribution is -0.127. The van der Waals surface area contributed by atoms with Gasteiger partial charge in [0.05, 0.1) is 18.5 Å². The molecule has 2 atom stereocenters. The quantitative estimate of drug-likeness (QED) is 0.484. The van der Waals surface area contributed by atoms with E-state index in [-0.39, 0.29) is 23.3 Å². The molecule has 34 heavy (non-hydrogen) atoms. The molecule has 180 valence electrons. The molecule has 1 aromatic heterocycles. The third-order valence-electron chi connectivity index (χ3n) is 6.42. The molecule has 4 rings (SSSR count). The SMILES string of the molecule is CC(NC(=O)C1CCCN(Cc2nc(-c3cccc(Cl)c3)no2)C1)c1ccc(C(C)(C)C)cc1. The van der Waals surface area contributed by atoms with Gasteiger partial charge >= 0.3 is 0 Å². The number of hydrogen-bond donors (Lipinski definition) is 1. The third kappa shape index (κ3) is 6.05. The summed E-state index contributed by atoms with van der Waals surface area (Å²) in [5.41, 5.74) is 3.35. The standard InChI is InChI=1S/C27H33ClN4O2/c1-18(19-10-12-22(13-11-19)27(2,3)4)29-26(33)21-8-6-14-32(16-21)17-24-30-25(31-34-24)20-7-5-9-23(28)15-20/h5,7,9-13,15,18,21H,6,8,14,16-17H2,1-4H3,(H,29,33). The zero-order chi connectivity index (χ0) is 24.3. The Labute approximate surface area is 206 Å². The number of likely N-dealkylation sites (tertiary alicyclic amines) is 1. The molecule has 0 aliphatic carbocycles. The maximum absolute atomic E-state index is 13.0. The predicted molar refractivity (Wildman–Crippen MR) is 134 cm³/mol. The van der Waals surface area contributed by atoms with Crippen LogP contribution >= 0.6 is 11.6 Å². The summed E-state index contributed by atoms with van der Waals surface area (Å²) in [6.07, 6.45) is 1.84. The number of nitrogens with zero attached hydrogens (tertiary/aromatic N) is 3. The van der Waals surface area contributed by atoms with Gasteiger partial charge in [0, 0.05) is 17.1 Å². The monoisotopic (exact) mass is 480 g/mol. The predicted octanol–water partition coefficient (Wildman–Crippen LogP) is 5.78. The van der Waals surface area contributed by atoms with E-state index in [1.807, 2.05) is 31.2 Å². The number of carbonyl (C=O) groups excluding carboxylic acids is 1. The second kappa shape index (κ2) is 10.3. The van der Waals surface area contributed by atoms with Gasteiger partial charge in [-0.3, -0.25) is 9.69 Å². The average Bonchev–Trinajstić information content (AvgIpc) is 3.27. The van der Waals surface area contributed by atoms with E-state index in [0.29, 0.717) is 29.8 Å². The van der Waals surface area contributed by atoms with Crippen LogP contribution in [-0.4, -0.2) is 34.0 Å². The number of rotatable bonds is 6. The maximum Gasteiger partial charge on any atom is 0.241 e. The molecule has 1 fully saturated rings. The lowest BCUT2D eigenvalue weighted by atomic mass is 9.86. The first-order valence-electron chi connectivity index (χ1n) is 11.9. The van der Waals surface area contributed by atoms with Gasteiger partial charge in [0.15, 0.2) is 0 Å². The highest BCUT2D eigenvalue weighted by Gasteiger charge is 2.28. The van der Waals surface area contributed by atoms with E-state index >= 15 is 0 Å². The van der Waals surface area contributed by atoms with Crippen LogP contribution in [0.3, 0.4) is 0 Å². The summed E-state index contributed by atoms with van der Waals surface area (Å²) < 4.78 is 5.47. The minimum Gasteiger partial charge on any atom is -0.349 e. The smallest absolute Gasteiger partial charge is 0.241 e. The second-order valence-corrected chi connectivity index (χ2v) is 10.6. The minimum atomic E-state index is -0.0552. The summed E-state index contributed by atoms with van der Waals surface area (Å²) >= 11 is 6.07. The first-order chi connectivity index (χ1) is 16.2. The average molecular weight is 481 g/mol. The molecule has 1 amide bonds. The van der Waals surface area contributed by atoms with Gasteiger partial charge in [-0.25, -0.2) is 0 Å². The van der Waals surface area contributed by atoms with E-state index in [9.17, 15) is 4.79 Å². The molecule has 0 bridgehead atoms. The van der Waals surface area contributed by atoms with Gasteiger partial charge < -0.3 is 9.84 Å². The fraction of sp³-hybridized carbons (Fsp3) is 0.444. The summed E-state index contributed by atoms with van der Waals surface area (Å²) in [7, 11) is 0. The van der Waals surface area contributed by atoms with Gasteiger partial charge in [0.1, 0.15) is 0 Å². The van der Waals surface area contributed by atoms with Crippen LogP contribution in [0.25, 0.3) is 11.4 Å². The zero-order valence-corrected chi connectivity index (χ0v) is 21.1. The normalized spacial score (nSPS) is 18.0. The number of benzene rings is 2. The lowest BCUT2D eigenvalue weighted by Gasteiger charge is -2.31. The van der Waals surface area contributed by atoms with Crippen LogP contribution in [0.4, 0.5) is 0 Å². The van der Waals surface area contributed by atoms with E-state index in [4.69, 9.17) is 16.1 Å². The van der Waals surface area contributed by atoms with Crippen molar-refractivity contribution < 1.29 is 9.32 Å². The van der Waals surface area contributed by atoms with E-state index < -0.39 is 0 Å². The Morgan fingerprint density at radius 2 is 2.00 bits per heavy atom. The van der Waals surface area contributed by atoms with Crippen molar-refractivity contribution in [2.24, 2.45) is 5.92 Å². The second-order valence-electron chi connectivity index (χ2n) is 10.2. The molecule has 1 aliphatic heterocycles. The molecule has 2 unspecified atom stereocenters. The van der Waals surface area contributed by atoms with Crippen molar-refractivity contribution in [2.45, 2.75) is 58.5 Å². The number of amides is 1. The largest absolute Gasteiger partial charge is 0.349 e. The van der Waals surface area contributed by atoms with E-state index in [1.54, 1.807) is 0 Å². The van der Waals surface area contributed by atoms with Crippen LogP contribution in [0.1, 0.15) is 63.6 Å². The first-order valence-corrected chi connectivity index (χ1v) is 12.3. The van der Waals surface area contributed by atoms with Crippen LogP contribution in [0.2, 0.25) is 5.02 Å². The third-order valence-corrected chi connectivity index (χ3v) is 6.66. The topological polar surface area (TPSA) is 71.3 Å². The van der Waals surface area contributed by atoms with Crippen molar-refractivity contribution in [1.29, 1.82) is 0 Å². The molecule has 3 aromatic rings. The van der Waals surface area contributed by atoms with E-state index in [2.05, 4.69) is 65.4 Å². The van der Waals surface area contributed by atoms with Crippen LogP contribution in [0, 0.1) is 5.92 Å². The van der Waals surface area contributed by atoms with Crippen molar-refractivity contribution in [3.63, 3.8) is 0 Å². The Balaban J connectivity index is 1.33. The van der Waals surface area contributed by atoms with E-state index in [1.165, 1.54) is 5.56 Å². The summed E-state index contributed by atoms with van der Waals surface area (Å²) in [6.45, 7) is 10.8. The molecular formula is C27H33ClN4O2. The van der Waals surface area contributed by atoms with Crippen LogP contribution < -0.4 is 5.32 Å². The fourth-order valence-electron chi connectivity index (χ4n) is 4.35. The van der Waals surface area contributed by atoms with Crippen LogP contribution in [-0.2, 0) is 16.8 Å². The molecule has 1 aliphatic rings. The van der Waals surface area contributed by atoms with Crippen molar-refractivity contribution in [3.8, 4) is 11.4 Å². The highest BCUT2D eigenvalue weighted by molar-refractivity contribution is 6.30. The Bertz CT molecular complexity index is 1120. The Hall–Kier alpha value is -2.70. The highest BCUT2D eigenvalue weighted by atomic mass is 35.5. The number of aromatic nitrogens is 2.